The maximum atomic E-state index is 9.37. The molecule has 3 N–H and O–H groups in total. The predicted octanol–water partition coefficient (Wildman–Crippen LogP) is -0.124. The minimum Gasteiger partial charge on any atom is -0.391 e. The zero-order valence-electron chi connectivity index (χ0n) is 7.76. The smallest absolute Gasteiger partial charge is 0.213 e. The summed E-state index contributed by atoms with van der Waals surface area (Å²) in [7, 11) is 0. The summed E-state index contributed by atoms with van der Waals surface area (Å²) in [4.78, 5) is 0. The summed E-state index contributed by atoms with van der Waals surface area (Å²) in [5.41, 5.74) is 0.868. The third-order valence-electron chi connectivity index (χ3n) is 1.84. The number of hydrogen-bond acceptors (Lipinski definition) is 4. The van der Waals surface area contributed by atoms with E-state index in [0.717, 1.165) is 5.56 Å². The van der Waals surface area contributed by atoms with Crippen LogP contribution in [0.25, 0.3) is 0 Å². The Bertz CT molecular complexity index is 256. The molecule has 0 radical (unpaired) electrons. The highest BCUT2D eigenvalue weighted by Gasteiger charge is 2.25. The molecule has 4 heteroatoms. The molecule has 0 amide bonds. The van der Waals surface area contributed by atoms with E-state index >= 15 is 0 Å². The number of aliphatic hydroxyl groups is 3. The second-order valence-corrected chi connectivity index (χ2v) is 3.04. The third-order valence-corrected chi connectivity index (χ3v) is 1.84. The number of aliphatic hydroxyl groups excluding tert-OH is 2. The van der Waals surface area contributed by atoms with E-state index in [1.165, 1.54) is 0 Å². The average molecular weight is 198 g/mol. The second-order valence-electron chi connectivity index (χ2n) is 3.04. The van der Waals surface area contributed by atoms with Gasteiger partial charge in [0.15, 0.2) is 0 Å². The molecule has 1 aromatic carbocycles. The molecule has 0 unspecified atom stereocenters. The molecule has 0 aliphatic heterocycles. The highest BCUT2D eigenvalue weighted by molar-refractivity contribution is 5.13. The van der Waals surface area contributed by atoms with Crippen molar-refractivity contribution in [2.45, 2.75) is 12.4 Å². The van der Waals surface area contributed by atoms with Gasteiger partial charge in [-0.1, -0.05) is 30.3 Å². The molecule has 1 rings (SSSR count). The fourth-order valence-corrected chi connectivity index (χ4v) is 0.933. The van der Waals surface area contributed by atoms with Gasteiger partial charge in [-0.3, -0.25) is 0 Å². The van der Waals surface area contributed by atoms with Gasteiger partial charge in [-0.15, -0.1) is 0 Å². The lowest BCUT2D eigenvalue weighted by molar-refractivity contribution is -0.248. The molecule has 0 aromatic heterocycles. The molecule has 4 nitrogen and oxygen atoms in total. The van der Waals surface area contributed by atoms with Crippen LogP contribution in [0.5, 0.6) is 0 Å². The lowest BCUT2D eigenvalue weighted by atomic mass is 10.2. The molecule has 0 saturated carbocycles. The quantitative estimate of drug-likeness (QED) is 0.577. The van der Waals surface area contributed by atoms with Gasteiger partial charge in [0.25, 0.3) is 0 Å². The van der Waals surface area contributed by atoms with Gasteiger partial charge in [0, 0.05) is 0 Å². The topological polar surface area (TPSA) is 69.9 Å². The van der Waals surface area contributed by atoms with E-state index in [4.69, 9.17) is 14.9 Å². The first kappa shape index (κ1) is 11.1. The third kappa shape index (κ3) is 3.08. The van der Waals surface area contributed by atoms with Crippen LogP contribution in [-0.2, 0) is 11.3 Å². The fraction of sp³-hybridized carbons (Fsp3) is 0.400. The van der Waals surface area contributed by atoms with Gasteiger partial charge in [-0.25, -0.2) is 0 Å². The zero-order valence-corrected chi connectivity index (χ0v) is 7.76. The van der Waals surface area contributed by atoms with E-state index in [9.17, 15) is 5.11 Å². The summed E-state index contributed by atoms with van der Waals surface area (Å²) in [5, 5.41) is 26.8. The Morgan fingerprint density at radius 1 is 1.07 bits per heavy atom. The summed E-state index contributed by atoms with van der Waals surface area (Å²) < 4.78 is 4.97. The first-order valence-electron chi connectivity index (χ1n) is 4.32. The molecule has 1 aromatic rings. The molecular formula is C10H14O4. The first-order chi connectivity index (χ1) is 6.70. The second kappa shape index (κ2) is 5.07. The molecule has 0 aliphatic carbocycles. The number of benzene rings is 1. The van der Waals surface area contributed by atoms with Crippen molar-refractivity contribution in [3.63, 3.8) is 0 Å². The molecular weight excluding hydrogens is 184 g/mol. The van der Waals surface area contributed by atoms with Crippen LogP contribution in [0.15, 0.2) is 30.3 Å². The Balaban J connectivity index is 2.48. The Morgan fingerprint density at radius 2 is 1.64 bits per heavy atom. The zero-order chi connectivity index (χ0) is 10.4. The van der Waals surface area contributed by atoms with Crippen LogP contribution in [-0.4, -0.2) is 34.3 Å². The molecule has 0 saturated heterocycles. The molecule has 78 valence electrons. The highest BCUT2D eigenvalue weighted by Crippen LogP contribution is 2.09. The predicted molar refractivity (Wildman–Crippen MR) is 50.4 cm³/mol. The van der Waals surface area contributed by atoms with Crippen LogP contribution in [0, 0.1) is 0 Å². The molecule has 0 fully saturated rings. The number of ether oxygens (including phenoxy) is 1. The summed E-state index contributed by atoms with van der Waals surface area (Å²) >= 11 is 0. The van der Waals surface area contributed by atoms with Crippen LogP contribution in [0.3, 0.4) is 0 Å². The Hall–Kier alpha value is -0.940. The first-order valence-corrected chi connectivity index (χ1v) is 4.32. The van der Waals surface area contributed by atoms with Gasteiger partial charge in [0.1, 0.15) is 0 Å². The molecule has 14 heavy (non-hydrogen) atoms. The van der Waals surface area contributed by atoms with Gasteiger partial charge >= 0.3 is 0 Å². The highest BCUT2D eigenvalue weighted by atomic mass is 16.6. The van der Waals surface area contributed by atoms with Crippen LogP contribution in [0.2, 0.25) is 0 Å². The van der Waals surface area contributed by atoms with Crippen molar-refractivity contribution < 1.29 is 20.1 Å². The van der Waals surface area contributed by atoms with Crippen LogP contribution < -0.4 is 0 Å². The maximum Gasteiger partial charge on any atom is 0.213 e. The molecule has 0 bridgehead atoms. The van der Waals surface area contributed by atoms with Gasteiger partial charge < -0.3 is 20.1 Å². The summed E-state index contributed by atoms with van der Waals surface area (Å²) in [6.07, 6.45) is 0. The van der Waals surface area contributed by atoms with E-state index in [2.05, 4.69) is 0 Å². The monoisotopic (exact) mass is 198 g/mol. The summed E-state index contributed by atoms with van der Waals surface area (Å²) in [6.45, 7) is -1.11. The van der Waals surface area contributed by atoms with Crippen molar-refractivity contribution in [2.75, 3.05) is 13.2 Å². The van der Waals surface area contributed by atoms with E-state index in [1.807, 2.05) is 30.3 Å². The van der Waals surface area contributed by atoms with Gasteiger partial charge in [-0.05, 0) is 5.56 Å². The number of rotatable bonds is 5. The van der Waals surface area contributed by atoms with Crippen molar-refractivity contribution in [2.24, 2.45) is 0 Å². The largest absolute Gasteiger partial charge is 0.391 e. The van der Waals surface area contributed by atoms with Crippen molar-refractivity contribution in [3.05, 3.63) is 35.9 Å². The van der Waals surface area contributed by atoms with E-state index in [0.29, 0.717) is 0 Å². The Labute approximate surface area is 82.4 Å². The van der Waals surface area contributed by atoms with Crippen molar-refractivity contribution in [1.29, 1.82) is 0 Å². The average Bonchev–Trinajstić information content (AvgIpc) is 2.27. The SMILES string of the molecule is OCC(O)(CO)OCc1ccccc1. The van der Waals surface area contributed by atoms with E-state index in [1.54, 1.807) is 0 Å². The van der Waals surface area contributed by atoms with E-state index < -0.39 is 19.0 Å². The molecule has 0 atom stereocenters. The van der Waals surface area contributed by atoms with Gasteiger partial charge in [0.05, 0.1) is 19.8 Å². The van der Waals surface area contributed by atoms with Crippen LogP contribution in [0.4, 0.5) is 0 Å². The van der Waals surface area contributed by atoms with Gasteiger partial charge in [-0.2, -0.15) is 0 Å². The Morgan fingerprint density at radius 3 is 2.14 bits per heavy atom. The lowest BCUT2D eigenvalue weighted by Gasteiger charge is -2.23. The molecule has 0 spiro atoms. The molecule has 0 heterocycles. The van der Waals surface area contributed by atoms with Crippen LogP contribution in [0.1, 0.15) is 5.56 Å². The van der Waals surface area contributed by atoms with Crippen molar-refractivity contribution in [3.8, 4) is 0 Å². The van der Waals surface area contributed by atoms with E-state index in [-0.39, 0.29) is 6.61 Å². The lowest BCUT2D eigenvalue weighted by Crippen LogP contribution is -2.40. The minimum absolute atomic E-state index is 0.151. The Kier molecular flexibility index (Phi) is 4.03. The van der Waals surface area contributed by atoms with Crippen LogP contribution >= 0.6 is 0 Å². The molecule has 0 aliphatic rings. The fourth-order valence-electron chi connectivity index (χ4n) is 0.933. The van der Waals surface area contributed by atoms with Gasteiger partial charge in [0.2, 0.25) is 5.79 Å². The summed E-state index contributed by atoms with van der Waals surface area (Å²) in [5.74, 6) is -1.85. The maximum absolute atomic E-state index is 9.37. The normalized spacial score (nSPS) is 11.6. The standard InChI is InChI=1S/C10H14O4/c11-7-10(13,8-12)14-6-9-4-2-1-3-5-9/h1-5,11-13H,6-8H2. The summed E-state index contributed by atoms with van der Waals surface area (Å²) in [6, 6.07) is 9.21. The minimum atomic E-state index is -1.85. The van der Waals surface area contributed by atoms with Crippen molar-refractivity contribution >= 4 is 0 Å². The number of hydrogen-bond donors (Lipinski definition) is 3. The van der Waals surface area contributed by atoms with Crippen molar-refractivity contribution in [1.82, 2.24) is 0 Å².